The molecule has 0 unspecified atom stereocenters. The van der Waals surface area contributed by atoms with Gasteiger partial charge in [0.05, 0.1) is 17.7 Å². The van der Waals surface area contributed by atoms with E-state index >= 15 is 0 Å². The van der Waals surface area contributed by atoms with Crippen LogP contribution in [-0.2, 0) is 13.2 Å². The molecule has 0 bridgehead atoms. The average Bonchev–Trinajstić information content (AvgIpc) is 2.93. The molecule has 1 aliphatic rings. The van der Waals surface area contributed by atoms with Gasteiger partial charge < -0.3 is 4.74 Å². The first-order valence-electron chi connectivity index (χ1n) is 8.43. The third-order valence-corrected chi connectivity index (χ3v) is 4.39. The van der Waals surface area contributed by atoms with Crippen LogP contribution in [0.25, 0.3) is 0 Å². The van der Waals surface area contributed by atoms with Crippen LogP contribution in [0.1, 0.15) is 31.8 Å². The van der Waals surface area contributed by atoms with Gasteiger partial charge in [-0.05, 0) is 35.4 Å². The fourth-order valence-corrected chi connectivity index (χ4v) is 2.99. The number of hydrogen-bond donors (Lipinski definition) is 0. The topological polar surface area (TPSA) is 46.6 Å². The lowest BCUT2D eigenvalue weighted by molar-refractivity contribution is 0.0642. The van der Waals surface area contributed by atoms with Gasteiger partial charge in [0.25, 0.3) is 11.8 Å². The maximum atomic E-state index is 12.4. The van der Waals surface area contributed by atoms with E-state index in [4.69, 9.17) is 4.74 Å². The van der Waals surface area contributed by atoms with Gasteiger partial charge in [-0.2, -0.15) is 0 Å². The number of benzene rings is 3. The Labute approximate surface area is 151 Å². The molecule has 0 saturated heterocycles. The van der Waals surface area contributed by atoms with Crippen molar-refractivity contribution in [2.75, 3.05) is 0 Å². The number of rotatable bonds is 5. The SMILES string of the molecule is O=C1c2ccccc2C(=O)N1Cc1ccc(COc2ccccc2)cc1. The van der Waals surface area contributed by atoms with Gasteiger partial charge in [0.1, 0.15) is 12.4 Å². The van der Waals surface area contributed by atoms with Crippen LogP contribution in [0.3, 0.4) is 0 Å². The van der Waals surface area contributed by atoms with Crippen molar-refractivity contribution in [1.29, 1.82) is 0 Å². The number of imide groups is 1. The molecule has 1 aliphatic heterocycles. The lowest BCUT2D eigenvalue weighted by atomic mass is 10.1. The van der Waals surface area contributed by atoms with Crippen LogP contribution in [-0.4, -0.2) is 16.7 Å². The highest BCUT2D eigenvalue weighted by Crippen LogP contribution is 2.24. The molecular weight excluding hydrogens is 326 g/mol. The summed E-state index contributed by atoms with van der Waals surface area (Å²) in [5.41, 5.74) is 2.89. The van der Waals surface area contributed by atoms with Gasteiger partial charge >= 0.3 is 0 Å². The Kier molecular flexibility index (Phi) is 4.23. The monoisotopic (exact) mass is 343 g/mol. The van der Waals surface area contributed by atoms with E-state index < -0.39 is 0 Å². The van der Waals surface area contributed by atoms with Crippen molar-refractivity contribution in [3.63, 3.8) is 0 Å². The minimum atomic E-state index is -0.234. The first-order chi connectivity index (χ1) is 12.7. The smallest absolute Gasteiger partial charge is 0.261 e. The van der Waals surface area contributed by atoms with Gasteiger partial charge in [-0.25, -0.2) is 0 Å². The van der Waals surface area contributed by atoms with Crippen LogP contribution in [0.5, 0.6) is 5.75 Å². The Morgan fingerprint density at radius 2 is 1.19 bits per heavy atom. The zero-order valence-corrected chi connectivity index (χ0v) is 14.1. The summed E-state index contributed by atoms with van der Waals surface area (Å²) < 4.78 is 5.72. The van der Waals surface area contributed by atoms with Crippen LogP contribution in [0, 0.1) is 0 Å². The van der Waals surface area contributed by atoms with E-state index in [2.05, 4.69) is 0 Å². The Hall–Kier alpha value is -3.40. The van der Waals surface area contributed by atoms with Crippen molar-refractivity contribution >= 4 is 11.8 Å². The summed E-state index contributed by atoms with van der Waals surface area (Å²) in [6.45, 7) is 0.740. The molecule has 0 spiro atoms. The zero-order valence-electron chi connectivity index (χ0n) is 14.1. The van der Waals surface area contributed by atoms with E-state index in [9.17, 15) is 9.59 Å². The van der Waals surface area contributed by atoms with E-state index in [0.29, 0.717) is 17.7 Å². The third kappa shape index (κ3) is 3.09. The molecule has 0 fully saturated rings. The molecule has 4 heteroatoms. The largest absolute Gasteiger partial charge is 0.489 e. The number of para-hydroxylation sites is 1. The lowest BCUT2D eigenvalue weighted by Crippen LogP contribution is -2.29. The van der Waals surface area contributed by atoms with Crippen LogP contribution >= 0.6 is 0 Å². The minimum absolute atomic E-state index is 0.234. The van der Waals surface area contributed by atoms with E-state index in [0.717, 1.165) is 16.9 Å². The third-order valence-electron chi connectivity index (χ3n) is 4.39. The molecule has 0 aromatic heterocycles. The van der Waals surface area contributed by atoms with E-state index in [-0.39, 0.29) is 18.4 Å². The standard InChI is InChI=1S/C22H17NO3/c24-21-19-8-4-5-9-20(19)22(25)23(21)14-16-10-12-17(13-11-16)15-26-18-6-2-1-3-7-18/h1-13H,14-15H2. The van der Waals surface area contributed by atoms with Crippen molar-refractivity contribution in [3.8, 4) is 5.75 Å². The first kappa shape index (κ1) is 16.1. The normalized spacial score (nSPS) is 13.0. The molecule has 26 heavy (non-hydrogen) atoms. The molecule has 0 saturated carbocycles. The predicted octanol–water partition coefficient (Wildman–Crippen LogP) is 4.06. The second-order valence-corrected chi connectivity index (χ2v) is 6.16. The molecule has 3 aromatic carbocycles. The second-order valence-electron chi connectivity index (χ2n) is 6.16. The summed E-state index contributed by atoms with van der Waals surface area (Å²) in [5.74, 6) is 0.353. The summed E-state index contributed by atoms with van der Waals surface area (Å²) in [6, 6.07) is 24.3. The molecule has 4 nitrogen and oxygen atoms in total. The van der Waals surface area contributed by atoms with Gasteiger partial charge in [0, 0.05) is 0 Å². The summed E-state index contributed by atoms with van der Waals surface area (Å²) >= 11 is 0. The second kappa shape index (κ2) is 6.84. The van der Waals surface area contributed by atoms with Crippen molar-refractivity contribution in [1.82, 2.24) is 4.90 Å². The lowest BCUT2D eigenvalue weighted by Gasteiger charge is -2.14. The van der Waals surface area contributed by atoms with Crippen molar-refractivity contribution in [3.05, 3.63) is 101 Å². The Balaban J connectivity index is 1.42. The van der Waals surface area contributed by atoms with Crippen LogP contribution in [0.15, 0.2) is 78.9 Å². The molecule has 4 rings (SSSR count). The van der Waals surface area contributed by atoms with Crippen molar-refractivity contribution in [2.24, 2.45) is 0 Å². The van der Waals surface area contributed by atoms with E-state index in [1.54, 1.807) is 24.3 Å². The van der Waals surface area contributed by atoms with Gasteiger partial charge in [0.2, 0.25) is 0 Å². The summed E-state index contributed by atoms with van der Waals surface area (Å²) in [5, 5.41) is 0. The van der Waals surface area contributed by atoms with Crippen LogP contribution < -0.4 is 4.74 Å². The molecule has 0 radical (unpaired) electrons. The van der Waals surface area contributed by atoms with Gasteiger partial charge in [-0.3, -0.25) is 14.5 Å². The number of fused-ring (bicyclic) bond motifs is 1. The summed E-state index contributed by atoms with van der Waals surface area (Å²) in [6.07, 6.45) is 0. The van der Waals surface area contributed by atoms with Gasteiger partial charge in [0.15, 0.2) is 0 Å². The Morgan fingerprint density at radius 3 is 1.81 bits per heavy atom. The molecule has 2 amide bonds. The Bertz CT molecular complexity index is 914. The minimum Gasteiger partial charge on any atom is -0.489 e. The Morgan fingerprint density at radius 1 is 0.654 bits per heavy atom. The first-order valence-corrected chi connectivity index (χ1v) is 8.43. The average molecular weight is 343 g/mol. The maximum absolute atomic E-state index is 12.4. The number of amides is 2. The fraction of sp³-hybridized carbons (Fsp3) is 0.0909. The van der Waals surface area contributed by atoms with Crippen molar-refractivity contribution < 1.29 is 14.3 Å². The van der Waals surface area contributed by atoms with E-state index in [1.165, 1.54) is 4.90 Å². The van der Waals surface area contributed by atoms with Crippen LogP contribution in [0.2, 0.25) is 0 Å². The molecule has 128 valence electrons. The number of hydrogen-bond acceptors (Lipinski definition) is 3. The van der Waals surface area contributed by atoms with E-state index in [1.807, 2.05) is 54.6 Å². The molecule has 0 atom stereocenters. The maximum Gasteiger partial charge on any atom is 0.261 e. The highest BCUT2D eigenvalue weighted by atomic mass is 16.5. The van der Waals surface area contributed by atoms with Crippen molar-refractivity contribution in [2.45, 2.75) is 13.2 Å². The number of ether oxygens (including phenoxy) is 1. The highest BCUT2D eigenvalue weighted by Gasteiger charge is 2.34. The number of carbonyl (C=O) groups is 2. The fourth-order valence-electron chi connectivity index (χ4n) is 2.99. The number of nitrogens with zero attached hydrogens (tertiary/aromatic N) is 1. The molecular formula is C22H17NO3. The molecule has 0 N–H and O–H groups in total. The van der Waals surface area contributed by atoms with Crippen LogP contribution in [0.4, 0.5) is 0 Å². The predicted molar refractivity (Wildman–Crippen MR) is 97.9 cm³/mol. The molecule has 0 aliphatic carbocycles. The summed E-state index contributed by atoms with van der Waals surface area (Å²) in [7, 11) is 0. The zero-order chi connectivity index (χ0) is 17.9. The highest BCUT2D eigenvalue weighted by molar-refractivity contribution is 6.21. The van der Waals surface area contributed by atoms with Gasteiger partial charge in [-0.1, -0.05) is 54.6 Å². The quantitative estimate of drug-likeness (QED) is 0.656. The summed E-state index contributed by atoms with van der Waals surface area (Å²) in [4.78, 5) is 26.1. The molecule has 1 heterocycles. The number of carbonyl (C=O) groups excluding carboxylic acids is 2. The molecule has 3 aromatic rings. The van der Waals surface area contributed by atoms with Gasteiger partial charge in [-0.15, -0.1) is 0 Å².